The van der Waals surface area contributed by atoms with Crippen molar-refractivity contribution in [1.29, 1.82) is 0 Å². The summed E-state index contributed by atoms with van der Waals surface area (Å²) in [6.07, 6.45) is 2.29. The second kappa shape index (κ2) is 7.49. The first-order valence-electron chi connectivity index (χ1n) is 4.47. The Kier molecular flexibility index (Phi) is 7.00. The van der Waals surface area contributed by atoms with Crippen LogP contribution in [-0.4, -0.2) is 46.6 Å². The lowest BCUT2D eigenvalue weighted by Gasteiger charge is -2.14. The molecule has 0 aliphatic heterocycles. The fourth-order valence-corrected chi connectivity index (χ4v) is 0.921. The molecule has 0 rings (SSSR count). The third-order valence-corrected chi connectivity index (χ3v) is 1.78. The van der Waals surface area contributed by atoms with E-state index < -0.39 is 24.7 Å². The van der Waals surface area contributed by atoms with E-state index in [0.29, 0.717) is 12.8 Å². The van der Waals surface area contributed by atoms with E-state index in [9.17, 15) is 9.90 Å². The Morgan fingerprint density at radius 3 is 2.64 bits per heavy atom. The summed E-state index contributed by atoms with van der Waals surface area (Å²) in [4.78, 5) is 10.4. The van der Waals surface area contributed by atoms with Crippen LogP contribution in [0.3, 0.4) is 0 Å². The number of hydrogen-bond acceptors (Lipinski definition) is 4. The van der Waals surface area contributed by atoms with Crippen LogP contribution in [0.4, 0.5) is 0 Å². The van der Waals surface area contributed by atoms with Crippen molar-refractivity contribution in [2.45, 2.75) is 25.0 Å². The zero-order valence-corrected chi connectivity index (χ0v) is 8.02. The molecule has 0 aliphatic carbocycles. The number of aliphatic hydroxyl groups excluding tert-OH is 2. The molecule has 0 bridgehead atoms. The second-order valence-electron chi connectivity index (χ2n) is 3.00. The monoisotopic (exact) mass is 203 g/mol. The summed E-state index contributed by atoms with van der Waals surface area (Å²) in [6.45, 7) is 3.18. The first-order valence-corrected chi connectivity index (χ1v) is 4.47. The van der Waals surface area contributed by atoms with Crippen molar-refractivity contribution in [2.24, 2.45) is 0 Å². The highest BCUT2D eigenvalue weighted by Gasteiger charge is 2.16. The summed E-state index contributed by atoms with van der Waals surface area (Å²) >= 11 is 0. The molecule has 0 saturated carbocycles. The zero-order valence-electron chi connectivity index (χ0n) is 8.02. The van der Waals surface area contributed by atoms with Gasteiger partial charge in [0, 0.05) is 6.54 Å². The van der Waals surface area contributed by atoms with Gasteiger partial charge < -0.3 is 15.3 Å². The summed E-state index contributed by atoms with van der Waals surface area (Å²) in [6, 6.07) is -1.01. The van der Waals surface area contributed by atoms with Gasteiger partial charge in [-0.2, -0.15) is 0 Å². The van der Waals surface area contributed by atoms with Crippen LogP contribution in [0.25, 0.3) is 0 Å². The highest BCUT2D eigenvalue weighted by molar-refractivity contribution is 5.73. The van der Waals surface area contributed by atoms with E-state index in [0.717, 1.165) is 0 Å². The van der Waals surface area contributed by atoms with Crippen molar-refractivity contribution in [3.05, 3.63) is 12.7 Å². The molecule has 0 aromatic rings. The Bertz CT molecular complexity index is 184. The largest absolute Gasteiger partial charge is 0.480 e. The lowest BCUT2D eigenvalue weighted by atomic mass is 10.2. The van der Waals surface area contributed by atoms with E-state index in [1.165, 1.54) is 0 Å². The van der Waals surface area contributed by atoms with Crippen LogP contribution in [0.15, 0.2) is 12.7 Å². The molecule has 0 spiro atoms. The highest BCUT2D eigenvalue weighted by Crippen LogP contribution is 1.96. The average molecular weight is 203 g/mol. The molecule has 0 heterocycles. The van der Waals surface area contributed by atoms with Gasteiger partial charge in [0.1, 0.15) is 6.04 Å². The molecule has 0 fully saturated rings. The van der Waals surface area contributed by atoms with E-state index in [4.69, 9.17) is 10.2 Å². The van der Waals surface area contributed by atoms with Crippen LogP contribution in [0.2, 0.25) is 0 Å². The van der Waals surface area contributed by atoms with Gasteiger partial charge >= 0.3 is 5.97 Å². The normalized spacial score (nSPS) is 14.7. The Morgan fingerprint density at radius 1 is 1.57 bits per heavy atom. The molecule has 0 aliphatic rings. The third-order valence-electron chi connectivity index (χ3n) is 1.78. The molecular formula is C9H17NO4. The molecule has 5 nitrogen and oxygen atoms in total. The molecular weight excluding hydrogens is 186 g/mol. The predicted octanol–water partition coefficient (Wildman–Crippen LogP) is -0.651. The predicted molar refractivity (Wildman–Crippen MR) is 52.0 cm³/mol. The SMILES string of the molecule is C=CCCC(O)CNC(CO)C(=O)O. The van der Waals surface area contributed by atoms with Crippen LogP contribution >= 0.6 is 0 Å². The van der Waals surface area contributed by atoms with Crippen LogP contribution in [0.1, 0.15) is 12.8 Å². The standard InChI is InChI=1S/C9H17NO4/c1-2-3-4-7(12)5-10-8(6-11)9(13)14/h2,7-8,10-12H,1,3-6H2,(H,13,14). The van der Waals surface area contributed by atoms with Crippen LogP contribution in [0, 0.1) is 0 Å². The van der Waals surface area contributed by atoms with Crippen LogP contribution in [-0.2, 0) is 4.79 Å². The molecule has 14 heavy (non-hydrogen) atoms. The molecule has 0 amide bonds. The van der Waals surface area contributed by atoms with Crippen molar-refractivity contribution in [2.75, 3.05) is 13.2 Å². The summed E-state index contributed by atoms with van der Waals surface area (Å²) in [7, 11) is 0. The van der Waals surface area contributed by atoms with Gasteiger partial charge in [0.15, 0.2) is 0 Å². The van der Waals surface area contributed by atoms with Gasteiger partial charge in [-0.25, -0.2) is 0 Å². The lowest BCUT2D eigenvalue weighted by Crippen LogP contribution is -2.43. The van der Waals surface area contributed by atoms with Crippen molar-refractivity contribution in [3.63, 3.8) is 0 Å². The Hall–Kier alpha value is -0.910. The first-order chi connectivity index (χ1) is 6.61. The maximum Gasteiger partial charge on any atom is 0.323 e. The number of carboxylic acid groups (broad SMARTS) is 1. The van der Waals surface area contributed by atoms with E-state index in [-0.39, 0.29) is 6.54 Å². The number of carbonyl (C=O) groups is 1. The van der Waals surface area contributed by atoms with Crippen LogP contribution < -0.4 is 5.32 Å². The topological polar surface area (TPSA) is 89.8 Å². The summed E-state index contributed by atoms with van der Waals surface area (Å²) in [5.41, 5.74) is 0. The van der Waals surface area contributed by atoms with E-state index in [2.05, 4.69) is 11.9 Å². The van der Waals surface area contributed by atoms with E-state index in [1.807, 2.05) is 0 Å². The fourth-order valence-electron chi connectivity index (χ4n) is 0.921. The smallest absolute Gasteiger partial charge is 0.323 e. The number of aliphatic carboxylic acids is 1. The number of rotatable bonds is 8. The molecule has 0 saturated heterocycles. The second-order valence-corrected chi connectivity index (χ2v) is 3.00. The van der Waals surface area contributed by atoms with Gasteiger partial charge in [-0.05, 0) is 12.8 Å². The number of nitrogens with one attached hydrogen (secondary N) is 1. The molecule has 0 radical (unpaired) electrons. The van der Waals surface area contributed by atoms with Crippen molar-refractivity contribution in [1.82, 2.24) is 5.32 Å². The summed E-state index contributed by atoms with van der Waals surface area (Å²) in [5, 5.41) is 29.1. The van der Waals surface area contributed by atoms with Crippen LogP contribution in [0.5, 0.6) is 0 Å². The van der Waals surface area contributed by atoms with Crippen molar-refractivity contribution < 1.29 is 20.1 Å². The Morgan fingerprint density at radius 2 is 2.21 bits per heavy atom. The molecule has 82 valence electrons. The Balaban J connectivity index is 3.67. The maximum atomic E-state index is 10.4. The lowest BCUT2D eigenvalue weighted by molar-refractivity contribution is -0.140. The summed E-state index contributed by atoms with van der Waals surface area (Å²) in [5.74, 6) is -1.12. The molecule has 5 heteroatoms. The minimum Gasteiger partial charge on any atom is -0.480 e. The average Bonchev–Trinajstić information content (AvgIpc) is 2.15. The minimum atomic E-state index is -1.12. The molecule has 4 N–H and O–H groups in total. The Labute approximate surface area is 83.1 Å². The zero-order chi connectivity index (χ0) is 11.0. The van der Waals surface area contributed by atoms with Gasteiger partial charge in [-0.1, -0.05) is 6.08 Å². The number of hydrogen-bond donors (Lipinski definition) is 4. The minimum absolute atomic E-state index is 0.158. The highest BCUT2D eigenvalue weighted by atomic mass is 16.4. The van der Waals surface area contributed by atoms with Gasteiger partial charge in [-0.3, -0.25) is 10.1 Å². The van der Waals surface area contributed by atoms with E-state index >= 15 is 0 Å². The quantitative estimate of drug-likeness (QED) is 0.394. The van der Waals surface area contributed by atoms with Gasteiger partial charge in [0.05, 0.1) is 12.7 Å². The molecule has 0 aromatic carbocycles. The number of aliphatic hydroxyl groups is 2. The van der Waals surface area contributed by atoms with Gasteiger partial charge in [-0.15, -0.1) is 6.58 Å². The van der Waals surface area contributed by atoms with Gasteiger partial charge in [0.2, 0.25) is 0 Å². The van der Waals surface area contributed by atoms with E-state index in [1.54, 1.807) is 6.08 Å². The fraction of sp³-hybridized carbons (Fsp3) is 0.667. The molecule has 0 aromatic heterocycles. The van der Waals surface area contributed by atoms with Gasteiger partial charge in [0.25, 0.3) is 0 Å². The van der Waals surface area contributed by atoms with Crippen molar-refractivity contribution in [3.8, 4) is 0 Å². The third kappa shape index (κ3) is 5.69. The van der Waals surface area contributed by atoms with Crippen molar-refractivity contribution >= 4 is 5.97 Å². The molecule has 2 atom stereocenters. The summed E-state index contributed by atoms with van der Waals surface area (Å²) < 4.78 is 0. The number of carboxylic acids is 1. The maximum absolute atomic E-state index is 10.4. The number of allylic oxidation sites excluding steroid dienone is 1. The molecule has 2 unspecified atom stereocenters. The first kappa shape index (κ1) is 13.1.